The van der Waals surface area contributed by atoms with Crippen molar-refractivity contribution in [1.29, 1.82) is 0 Å². The molecule has 1 heterocycles. The van der Waals surface area contributed by atoms with Gasteiger partial charge in [-0.3, -0.25) is 5.10 Å². The first kappa shape index (κ1) is 12.6. The van der Waals surface area contributed by atoms with Crippen molar-refractivity contribution in [2.75, 3.05) is 7.11 Å². The fourth-order valence-corrected chi connectivity index (χ4v) is 2.30. The molecule has 1 aromatic carbocycles. The molecule has 3 N–H and O–H groups in total. The molecule has 96 valence electrons. The summed E-state index contributed by atoms with van der Waals surface area (Å²) in [6, 6.07) is 4.20. The van der Waals surface area contributed by atoms with Gasteiger partial charge >= 0.3 is 0 Å². The lowest BCUT2D eigenvalue weighted by atomic mass is 10.0. The van der Waals surface area contributed by atoms with Crippen LogP contribution in [0.25, 0.3) is 11.3 Å². The Bertz CT molecular complexity index is 573. The minimum absolute atomic E-state index is 0.464. The summed E-state index contributed by atoms with van der Waals surface area (Å²) >= 11 is 0. The molecule has 1 aromatic heterocycles. The lowest BCUT2D eigenvalue weighted by Gasteiger charge is -2.12. The predicted molar refractivity (Wildman–Crippen MR) is 72.7 cm³/mol. The van der Waals surface area contributed by atoms with E-state index in [2.05, 4.69) is 29.3 Å². The number of H-pyrrole nitrogens is 1. The van der Waals surface area contributed by atoms with E-state index in [9.17, 15) is 0 Å². The molecule has 0 unspecified atom stereocenters. The van der Waals surface area contributed by atoms with Crippen LogP contribution in [0.2, 0.25) is 0 Å². The van der Waals surface area contributed by atoms with Gasteiger partial charge in [0.2, 0.25) is 0 Å². The van der Waals surface area contributed by atoms with Gasteiger partial charge in [0.05, 0.1) is 18.5 Å². The van der Waals surface area contributed by atoms with E-state index in [-0.39, 0.29) is 0 Å². The minimum Gasteiger partial charge on any atom is -0.496 e. The Labute approximate surface area is 107 Å². The van der Waals surface area contributed by atoms with Crippen LogP contribution >= 0.6 is 0 Å². The van der Waals surface area contributed by atoms with Crippen molar-refractivity contribution in [3.63, 3.8) is 0 Å². The minimum atomic E-state index is 0.464. The van der Waals surface area contributed by atoms with Crippen LogP contribution in [-0.2, 0) is 6.54 Å². The maximum atomic E-state index is 5.67. The number of nitrogens with two attached hydrogens (primary N) is 1. The lowest BCUT2D eigenvalue weighted by molar-refractivity contribution is 0.413. The molecule has 18 heavy (non-hydrogen) atoms. The summed E-state index contributed by atoms with van der Waals surface area (Å²) in [4.78, 5) is 0. The van der Waals surface area contributed by atoms with E-state index in [1.807, 2.05) is 13.8 Å². The van der Waals surface area contributed by atoms with Crippen LogP contribution in [0.4, 0.5) is 0 Å². The van der Waals surface area contributed by atoms with Gasteiger partial charge in [0, 0.05) is 12.1 Å². The first-order chi connectivity index (χ1) is 8.58. The Morgan fingerprint density at radius 1 is 1.28 bits per heavy atom. The SMILES string of the molecule is COc1c(C)cc(C)cc1-c1n[nH]c(CN)c1C. The van der Waals surface area contributed by atoms with Crippen LogP contribution in [-0.4, -0.2) is 17.3 Å². The van der Waals surface area contributed by atoms with Gasteiger partial charge in [0.1, 0.15) is 5.75 Å². The van der Waals surface area contributed by atoms with E-state index in [1.54, 1.807) is 7.11 Å². The molecule has 0 aliphatic rings. The van der Waals surface area contributed by atoms with Gasteiger partial charge in [0.25, 0.3) is 0 Å². The molecule has 0 atom stereocenters. The quantitative estimate of drug-likeness (QED) is 0.873. The van der Waals surface area contributed by atoms with E-state index in [0.29, 0.717) is 6.54 Å². The number of ether oxygens (including phenoxy) is 1. The van der Waals surface area contributed by atoms with Crippen molar-refractivity contribution >= 4 is 0 Å². The number of hydrogen-bond acceptors (Lipinski definition) is 3. The Morgan fingerprint density at radius 2 is 2.00 bits per heavy atom. The number of aromatic amines is 1. The second-order valence-corrected chi connectivity index (χ2v) is 4.54. The van der Waals surface area contributed by atoms with Gasteiger partial charge in [-0.1, -0.05) is 6.07 Å². The molecule has 0 amide bonds. The third-order valence-electron chi connectivity index (χ3n) is 3.19. The molecule has 0 spiro atoms. The van der Waals surface area contributed by atoms with Crippen molar-refractivity contribution in [2.24, 2.45) is 5.73 Å². The highest BCUT2D eigenvalue weighted by Crippen LogP contribution is 2.35. The molecule has 2 rings (SSSR count). The zero-order valence-corrected chi connectivity index (χ0v) is 11.3. The molecule has 0 radical (unpaired) electrons. The summed E-state index contributed by atoms with van der Waals surface area (Å²) in [5.41, 5.74) is 12.0. The number of nitrogens with zero attached hydrogens (tertiary/aromatic N) is 1. The molecular weight excluding hydrogens is 226 g/mol. The van der Waals surface area contributed by atoms with E-state index in [1.165, 1.54) is 5.56 Å². The Balaban J connectivity index is 2.66. The summed E-state index contributed by atoms with van der Waals surface area (Å²) in [7, 11) is 1.69. The predicted octanol–water partition coefficient (Wildman–Crippen LogP) is 2.47. The van der Waals surface area contributed by atoms with E-state index >= 15 is 0 Å². The summed E-state index contributed by atoms with van der Waals surface area (Å²) in [5, 5.41) is 7.34. The number of aromatic nitrogens is 2. The normalized spacial score (nSPS) is 10.7. The highest BCUT2D eigenvalue weighted by atomic mass is 16.5. The van der Waals surface area contributed by atoms with Gasteiger partial charge in [-0.05, 0) is 43.5 Å². The van der Waals surface area contributed by atoms with Crippen LogP contribution in [0.1, 0.15) is 22.4 Å². The van der Waals surface area contributed by atoms with Crippen LogP contribution in [0, 0.1) is 20.8 Å². The van der Waals surface area contributed by atoms with E-state index in [4.69, 9.17) is 10.5 Å². The molecule has 0 bridgehead atoms. The molecule has 0 aliphatic heterocycles. The molecule has 0 fully saturated rings. The monoisotopic (exact) mass is 245 g/mol. The third-order valence-corrected chi connectivity index (χ3v) is 3.19. The smallest absolute Gasteiger partial charge is 0.131 e. The van der Waals surface area contributed by atoms with E-state index < -0.39 is 0 Å². The molecule has 4 nitrogen and oxygen atoms in total. The Hall–Kier alpha value is -1.81. The standard InChI is InChI=1S/C14H19N3O/c1-8-5-9(2)14(18-4)11(6-8)13-10(3)12(7-15)16-17-13/h5-6H,7,15H2,1-4H3,(H,16,17). The zero-order valence-electron chi connectivity index (χ0n) is 11.3. The molecule has 0 saturated carbocycles. The largest absolute Gasteiger partial charge is 0.496 e. The van der Waals surface area contributed by atoms with Crippen molar-refractivity contribution in [2.45, 2.75) is 27.3 Å². The third kappa shape index (κ3) is 1.99. The Kier molecular flexibility index (Phi) is 3.39. The second kappa shape index (κ2) is 4.82. The zero-order chi connectivity index (χ0) is 13.3. The molecule has 4 heteroatoms. The fraction of sp³-hybridized carbons (Fsp3) is 0.357. The molecule has 2 aromatic rings. The second-order valence-electron chi connectivity index (χ2n) is 4.54. The van der Waals surface area contributed by atoms with Gasteiger partial charge < -0.3 is 10.5 Å². The van der Waals surface area contributed by atoms with Crippen LogP contribution in [0.15, 0.2) is 12.1 Å². The van der Waals surface area contributed by atoms with Crippen LogP contribution < -0.4 is 10.5 Å². The number of hydrogen-bond donors (Lipinski definition) is 2. The Morgan fingerprint density at radius 3 is 2.56 bits per heavy atom. The highest BCUT2D eigenvalue weighted by molar-refractivity contribution is 5.73. The van der Waals surface area contributed by atoms with Crippen LogP contribution in [0.3, 0.4) is 0 Å². The van der Waals surface area contributed by atoms with Crippen LogP contribution in [0.5, 0.6) is 5.75 Å². The van der Waals surface area contributed by atoms with Crippen molar-refractivity contribution in [1.82, 2.24) is 10.2 Å². The molecule has 0 saturated heterocycles. The van der Waals surface area contributed by atoms with Gasteiger partial charge in [-0.25, -0.2) is 0 Å². The first-order valence-corrected chi connectivity index (χ1v) is 5.98. The number of nitrogens with one attached hydrogen (secondary N) is 1. The topological polar surface area (TPSA) is 63.9 Å². The summed E-state index contributed by atoms with van der Waals surface area (Å²) < 4.78 is 5.50. The van der Waals surface area contributed by atoms with Crippen molar-refractivity contribution in [3.8, 4) is 17.0 Å². The summed E-state index contributed by atoms with van der Waals surface area (Å²) in [6.07, 6.45) is 0. The molecule has 0 aliphatic carbocycles. The van der Waals surface area contributed by atoms with E-state index in [0.717, 1.165) is 33.8 Å². The summed E-state index contributed by atoms with van der Waals surface area (Å²) in [5.74, 6) is 0.874. The van der Waals surface area contributed by atoms with Crippen molar-refractivity contribution in [3.05, 3.63) is 34.5 Å². The highest BCUT2D eigenvalue weighted by Gasteiger charge is 2.16. The number of benzene rings is 1. The maximum absolute atomic E-state index is 5.67. The first-order valence-electron chi connectivity index (χ1n) is 5.98. The average Bonchev–Trinajstić information content (AvgIpc) is 2.69. The molecular formula is C14H19N3O. The number of aryl methyl sites for hydroxylation is 2. The maximum Gasteiger partial charge on any atom is 0.131 e. The number of rotatable bonds is 3. The van der Waals surface area contributed by atoms with Crippen molar-refractivity contribution < 1.29 is 4.74 Å². The van der Waals surface area contributed by atoms with Gasteiger partial charge in [-0.2, -0.15) is 5.10 Å². The van der Waals surface area contributed by atoms with Gasteiger partial charge in [0.15, 0.2) is 0 Å². The summed E-state index contributed by atoms with van der Waals surface area (Å²) in [6.45, 7) is 6.60. The van der Waals surface area contributed by atoms with Gasteiger partial charge in [-0.15, -0.1) is 0 Å². The lowest BCUT2D eigenvalue weighted by Crippen LogP contribution is -1.98. The fourth-order valence-electron chi connectivity index (χ4n) is 2.30. The average molecular weight is 245 g/mol. The number of methoxy groups -OCH3 is 1.